The van der Waals surface area contributed by atoms with Crippen molar-refractivity contribution in [1.82, 2.24) is 0 Å². The SMILES string of the molecule is CCC(C)(C)C1CCc2c(sc(NC(=O)c3cc(C)oc3C)c2C(N)=O)C1. The monoisotopic (exact) mass is 388 g/mol. The Kier molecular flexibility index (Phi) is 5.21. The number of amides is 2. The molecular weight excluding hydrogens is 360 g/mol. The normalized spacial score (nSPS) is 16.9. The number of aryl methyl sites for hydroxylation is 2. The molecule has 6 heteroatoms. The molecule has 0 spiro atoms. The third-order valence-corrected chi connectivity index (χ3v) is 7.21. The van der Waals surface area contributed by atoms with E-state index in [1.54, 1.807) is 19.9 Å². The molecule has 2 aromatic rings. The number of thiophene rings is 1. The van der Waals surface area contributed by atoms with Crippen LogP contribution in [0.4, 0.5) is 5.00 Å². The number of fused-ring (bicyclic) bond motifs is 1. The Morgan fingerprint density at radius 1 is 1.37 bits per heavy atom. The van der Waals surface area contributed by atoms with Crippen LogP contribution < -0.4 is 11.1 Å². The van der Waals surface area contributed by atoms with Gasteiger partial charge in [-0.15, -0.1) is 11.3 Å². The first-order valence-electron chi connectivity index (χ1n) is 9.46. The number of nitrogens with one attached hydrogen (secondary N) is 1. The molecule has 1 aliphatic carbocycles. The first-order valence-corrected chi connectivity index (χ1v) is 10.3. The fourth-order valence-electron chi connectivity index (χ4n) is 3.92. The minimum Gasteiger partial charge on any atom is -0.466 e. The zero-order chi connectivity index (χ0) is 19.9. The number of primary amides is 1. The molecule has 27 heavy (non-hydrogen) atoms. The van der Waals surface area contributed by atoms with Crippen molar-refractivity contribution < 1.29 is 14.0 Å². The number of hydrogen-bond acceptors (Lipinski definition) is 4. The average Bonchev–Trinajstić information content (AvgIpc) is 3.12. The fraction of sp³-hybridized carbons (Fsp3) is 0.524. The predicted octanol–water partition coefficient (Wildman–Crippen LogP) is 4.85. The van der Waals surface area contributed by atoms with Crippen molar-refractivity contribution in [3.05, 3.63) is 39.2 Å². The minimum absolute atomic E-state index is 0.253. The Morgan fingerprint density at radius 3 is 2.63 bits per heavy atom. The van der Waals surface area contributed by atoms with Crippen molar-refractivity contribution in [3.63, 3.8) is 0 Å². The van der Waals surface area contributed by atoms with Crippen LogP contribution in [0.3, 0.4) is 0 Å². The van der Waals surface area contributed by atoms with Gasteiger partial charge in [0, 0.05) is 4.88 Å². The number of hydrogen-bond donors (Lipinski definition) is 2. The summed E-state index contributed by atoms with van der Waals surface area (Å²) in [6.07, 6.45) is 3.92. The zero-order valence-corrected chi connectivity index (χ0v) is 17.5. The minimum atomic E-state index is -0.476. The van der Waals surface area contributed by atoms with E-state index in [0.717, 1.165) is 31.2 Å². The van der Waals surface area contributed by atoms with E-state index >= 15 is 0 Å². The Labute approximate surface area is 164 Å². The lowest BCUT2D eigenvalue weighted by Gasteiger charge is -2.36. The summed E-state index contributed by atoms with van der Waals surface area (Å²) in [4.78, 5) is 26.0. The maximum absolute atomic E-state index is 12.7. The molecule has 3 N–H and O–H groups in total. The number of nitrogens with two attached hydrogens (primary N) is 1. The van der Waals surface area contributed by atoms with Crippen molar-refractivity contribution in [3.8, 4) is 0 Å². The summed E-state index contributed by atoms with van der Waals surface area (Å²) in [5.74, 6) is 1.07. The van der Waals surface area contributed by atoms with Crippen molar-refractivity contribution in [1.29, 1.82) is 0 Å². The van der Waals surface area contributed by atoms with Crippen LogP contribution in [-0.4, -0.2) is 11.8 Å². The first-order chi connectivity index (χ1) is 12.6. The summed E-state index contributed by atoms with van der Waals surface area (Å²) in [6, 6.07) is 1.71. The maximum Gasteiger partial charge on any atom is 0.259 e. The smallest absolute Gasteiger partial charge is 0.259 e. The van der Waals surface area contributed by atoms with Crippen LogP contribution in [0.15, 0.2) is 10.5 Å². The molecular formula is C21H28N2O3S. The van der Waals surface area contributed by atoms with E-state index in [4.69, 9.17) is 10.2 Å². The highest BCUT2D eigenvalue weighted by molar-refractivity contribution is 7.17. The van der Waals surface area contributed by atoms with E-state index < -0.39 is 5.91 Å². The van der Waals surface area contributed by atoms with Crippen LogP contribution in [0.25, 0.3) is 0 Å². The number of furan rings is 1. The summed E-state index contributed by atoms with van der Waals surface area (Å²) in [7, 11) is 0. The largest absolute Gasteiger partial charge is 0.466 e. The van der Waals surface area contributed by atoms with E-state index in [1.807, 2.05) is 0 Å². The van der Waals surface area contributed by atoms with Gasteiger partial charge in [0.1, 0.15) is 16.5 Å². The van der Waals surface area contributed by atoms with Gasteiger partial charge in [0.05, 0.1) is 11.1 Å². The van der Waals surface area contributed by atoms with Gasteiger partial charge >= 0.3 is 0 Å². The van der Waals surface area contributed by atoms with Crippen LogP contribution in [0.1, 0.15) is 76.3 Å². The second kappa shape index (κ2) is 7.15. The molecule has 0 bridgehead atoms. The quantitative estimate of drug-likeness (QED) is 0.768. The molecule has 146 valence electrons. The number of carbonyl (C=O) groups is 2. The topological polar surface area (TPSA) is 85.3 Å². The number of carbonyl (C=O) groups excluding carboxylic acids is 2. The molecule has 1 aliphatic rings. The van der Waals surface area contributed by atoms with Crippen LogP contribution in [0, 0.1) is 25.2 Å². The Hall–Kier alpha value is -2.08. The van der Waals surface area contributed by atoms with Gasteiger partial charge in [-0.3, -0.25) is 9.59 Å². The summed E-state index contributed by atoms with van der Waals surface area (Å²) < 4.78 is 5.45. The van der Waals surface area contributed by atoms with Crippen molar-refractivity contribution >= 4 is 28.2 Å². The van der Waals surface area contributed by atoms with Gasteiger partial charge in [-0.05, 0) is 56.1 Å². The predicted molar refractivity (Wildman–Crippen MR) is 109 cm³/mol. The molecule has 2 aromatic heterocycles. The number of rotatable bonds is 5. The number of anilines is 1. The molecule has 0 saturated carbocycles. The highest BCUT2D eigenvalue weighted by atomic mass is 32.1. The van der Waals surface area contributed by atoms with Crippen molar-refractivity contribution in [2.24, 2.45) is 17.1 Å². The lowest BCUT2D eigenvalue weighted by atomic mass is 9.69. The second-order valence-corrected chi connectivity index (χ2v) is 9.24. The van der Waals surface area contributed by atoms with Crippen LogP contribution in [-0.2, 0) is 12.8 Å². The third kappa shape index (κ3) is 3.68. The Bertz CT molecular complexity index is 892. The van der Waals surface area contributed by atoms with Gasteiger partial charge in [0.25, 0.3) is 11.8 Å². The van der Waals surface area contributed by atoms with Gasteiger partial charge in [-0.1, -0.05) is 27.2 Å². The molecule has 3 rings (SSSR count). The lowest BCUT2D eigenvalue weighted by molar-refractivity contribution is 0.0999. The Balaban J connectivity index is 1.92. The van der Waals surface area contributed by atoms with Crippen LogP contribution in [0.2, 0.25) is 0 Å². The highest BCUT2D eigenvalue weighted by Crippen LogP contribution is 2.45. The maximum atomic E-state index is 12.7. The third-order valence-electron chi connectivity index (χ3n) is 6.04. The molecule has 5 nitrogen and oxygen atoms in total. The molecule has 0 fully saturated rings. The highest BCUT2D eigenvalue weighted by Gasteiger charge is 2.35. The molecule has 1 unspecified atom stereocenters. The van der Waals surface area contributed by atoms with Crippen LogP contribution >= 0.6 is 11.3 Å². The molecule has 0 saturated heterocycles. The summed E-state index contributed by atoms with van der Waals surface area (Å²) >= 11 is 1.49. The van der Waals surface area contributed by atoms with Gasteiger partial charge < -0.3 is 15.5 Å². The lowest BCUT2D eigenvalue weighted by Crippen LogP contribution is -2.29. The molecule has 1 atom stereocenters. The first kappa shape index (κ1) is 19.7. The molecule has 2 heterocycles. The molecule has 0 aromatic carbocycles. The van der Waals surface area contributed by atoms with E-state index in [-0.39, 0.29) is 11.3 Å². The zero-order valence-electron chi connectivity index (χ0n) is 16.7. The van der Waals surface area contributed by atoms with Crippen molar-refractivity contribution in [2.75, 3.05) is 5.32 Å². The summed E-state index contributed by atoms with van der Waals surface area (Å²) in [5, 5.41) is 3.47. The van der Waals surface area contributed by atoms with Crippen molar-refractivity contribution in [2.45, 2.75) is 60.3 Å². The standard InChI is InChI=1S/C21H28N2O3S/c1-6-21(4,5)13-7-8-14-16(10-13)27-20(17(14)18(22)24)23-19(25)15-9-11(2)26-12(15)3/h9,13H,6-8,10H2,1-5H3,(H2,22,24)(H,23,25). The second-order valence-electron chi connectivity index (χ2n) is 8.14. The molecule has 0 aliphatic heterocycles. The Morgan fingerprint density at radius 2 is 2.07 bits per heavy atom. The van der Waals surface area contributed by atoms with E-state index in [1.165, 1.54) is 16.2 Å². The van der Waals surface area contributed by atoms with E-state index in [9.17, 15) is 9.59 Å². The fourth-order valence-corrected chi connectivity index (χ4v) is 5.24. The van der Waals surface area contributed by atoms with E-state index in [0.29, 0.717) is 33.6 Å². The van der Waals surface area contributed by atoms with Gasteiger partial charge in [0.15, 0.2) is 0 Å². The molecule has 2 amide bonds. The van der Waals surface area contributed by atoms with Gasteiger partial charge in [-0.25, -0.2) is 0 Å². The van der Waals surface area contributed by atoms with Crippen LogP contribution in [0.5, 0.6) is 0 Å². The average molecular weight is 389 g/mol. The van der Waals surface area contributed by atoms with Gasteiger partial charge in [-0.2, -0.15) is 0 Å². The van der Waals surface area contributed by atoms with E-state index in [2.05, 4.69) is 26.1 Å². The summed E-state index contributed by atoms with van der Waals surface area (Å²) in [5.41, 5.74) is 7.91. The summed E-state index contributed by atoms with van der Waals surface area (Å²) in [6.45, 7) is 10.4. The van der Waals surface area contributed by atoms with Gasteiger partial charge in [0.2, 0.25) is 0 Å². The molecule has 0 radical (unpaired) electrons.